The highest BCUT2D eigenvalue weighted by Crippen LogP contribution is 2.33. The fraction of sp³-hybridized carbons (Fsp3) is 0.350. The molecule has 0 radical (unpaired) electrons. The Morgan fingerprint density at radius 3 is 2.10 bits per heavy atom. The predicted molar refractivity (Wildman–Crippen MR) is 195 cm³/mol. The summed E-state index contributed by atoms with van der Waals surface area (Å²) >= 11 is 0. The van der Waals surface area contributed by atoms with E-state index < -0.39 is 17.6 Å². The molecule has 2 amide bonds. The van der Waals surface area contributed by atoms with Gasteiger partial charge in [-0.25, -0.2) is 0 Å². The van der Waals surface area contributed by atoms with Gasteiger partial charge < -0.3 is 29.9 Å². The molecule has 8 nitrogen and oxygen atoms in total. The van der Waals surface area contributed by atoms with Gasteiger partial charge >= 0.3 is 6.18 Å². The Kier molecular flexibility index (Phi) is 13.6. The lowest BCUT2D eigenvalue weighted by atomic mass is 10.1. The van der Waals surface area contributed by atoms with Crippen LogP contribution in [0.4, 0.5) is 30.2 Å². The van der Waals surface area contributed by atoms with E-state index in [4.69, 9.17) is 4.74 Å². The number of fused-ring (bicyclic) bond motifs is 1. The number of aliphatic hydroxyl groups excluding tert-OH is 1. The maximum absolute atomic E-state index is 13.0. The quantitative estimate of drug-likeness (QED) is 0.175. The van der Waals surface area contributed by atoms with Crippen LogP contribution in [0.1, 0.15) is 54.2 Å². The number of para-hydroxylation sites is 2. The van der Waals surface area contributed by atoms with E-state index in [0.717, 1.165) is 18.7 Å². The Morgan fingerprint density at radius 2 is 1.51 bits per heavy atom. The van der Waals surface area contributed by atoms with Gasteiger partial charge in [-0.2, -0.15) is 13.2 Å². The number of ether oxygens (including phenoxy) is 1. The first-order valence-electron chi connectivity index (χ1n) is 17.0. The molecular weight excluding hydrogens is 657 g/mol. The number of amides is 2. The number of carbonyl (C=O) groups is 2. The van der Waals surface area contributed by atoms with Gasteiger partial charge in [-0.1, -0.05) is 48.5 Å². The highest BCUT2D eigenvalue weighted by Gasteiger charge is 2.30. The van der Waals surface area contributed by atoms with Crippen LogP contribution in [-0.4, -0.2) is 72.7 Å². The molecule has 5 rings (SSSR count). The molecule has 0 aliphatic carbocycles. The molecule has 0 aromatic heterocycles. The van der Waals surface area contributed by atoms with Crippen molar-refractivity contribution in [3.8, 4) is 5.75 Å². The third-order valence-corrected chi connectivity index (χ3v) is 8.28. The van der Waals surface area contributed by atoms with E-state index in [1.807, 2.05) is 0 Å². The van der Waals surface area contributed by atoms with Crippen LogP contribution in [-0.2, 0) is 23.9 Å². The van der Waals surface area contributed by atoms with Crippen molar-refractivity contribution in [2.45, 2.75) is 58.4 Å². The maximum atomic E-state index is 13.0. The Labute approximate surface area is 298 Å². The number of nitrogens with one attached hydrogen (secondary N) is 1. The number of alkyl halides is 3. The largest absolute Gasteiger partial charge is 0.490 e. The fourth-order valence-corrected chi connectivity index (χ4v) is 5.80. The summed E-state index contributed by atoms with van der Waals surface area (Å²) in [5, 5.41) is 12.1. The molecule has 4 aromatic rings. The van der Waals surface area contributed by atoms with Crippen LogP contribution in [0.25, 0.3) is 0 Å². The molecule has 1 atom stereocenters. The van der Waals surface area contributed by atoms with Gasteiger partial charge in [-0.3, -0.25) is 9.59 Å². The number of aliphatic hydroxyl groups is 1. The van der Waals surface area contributed by atoms with E-state index in [9.17, 15) is 27.9 Å². The van der Waals surface area contributed by atoms with E-state index in [1.165, 1.54) is 29.1 Å². The highest BCUT2D eigenvalue weighted by molar-refractivity contribution is 6.01. The number of hydrogen-bond donors (Lipinski definition) is 2. The lowest BCUT2D eigenvalue weighted by molar-refractivity contribution is -0.137. The van der Waals surface area contributed by atoms with Gasteiger partial charge in [0.2, 0.25) is 5.91 Å². The molecule has 0 spiro atoms. The van der Waals surface area contributed by atoms with Crippen molar-refractivity contribution in [1.29, 1.82) is 0 Å². The molecule has 0 saturated carbocycles. The normalized spacial score (nSPS) is 13.7. The van der Waals surface area contributed by atoms with Gasteiger partial charge in [-0.15, -0.1) is 0 Å². The number of hydrogen-bond acceptors (Lipinski definition) is 6. The molecule has 11 heteroatoms. The average molecular weight is 705 g/mol. The number of halogens is 3. The fourth-order valence-electron chi connectivity index (χ4n) is 5.80. The zero-order chi connectivity index (χ0) is 37.1. The van der Waals surface area contributed by atoms with Crippen molar-refractivity contribution >= 4 is 28.9 Å². The first-order valence-corrected chi connectivity index (χ1v) is 17.0. The summed E-state index contributed by atoms with van der Waals surface area (Å²) in [7, 11) is 4.19. The van der Waals surface area contributed by atoms with Gasteiger partial charge in [0.05, 0.1) is 42.5 Å². The van der Waals surface area contributed by atoms with Crippen LogP contribution in [0.2, 0.25) is 0 Å². The van der Waals surface area contributed by atoms with E-state index in [2.05, 4.69) is 97.7 Å². The van der Waals surface area contributed by atoms with Crippen LogP contribution in [0.15, 0.2) is 97.1 Å². The third kappa shape index (κ3) is 10.8. The van der Waals surface area contributed by atoms with Gasteiger partial charge in [-0.05, 0) is 101 Å². The van der Waals surface area contributed by atoms with Crippen molar-refractivity contribution < 1.29 is 32.6 Å². The van der Waals surface area contributed by atoms with Crippen LogP contribution in [0.5, 0.6) is 5.75 Å². The second-order valence-corrected chi connectivity index (χ2v) is 13.0. The van der Waals surface area contributed by atoms with E-state index >= 15 is 0 Å². The summed E-state index contributed by atoms with van der Waals surface area (Å²) in [6.45, 7) is 7.75. The Morgan fingerprint density at radius 1 is 0.882 bits per heavy atom. The van der Waals surface area contributed by atoms with Crippen LogP contribution in [0.3, 0.4) is 0 Å². The van der Waals surface area contributed by atoms with Crippen LogP contribution < -0.4 is 15.0 Å². The monoisotopic (exact) mass is 704 g/mol. The molecule has 1 aliphatic rings. The number of carbonyl (C=O) groups excluding carboxylic acids is 2. The smallest absolute Gasteiger partial charge is 0.416 e. The van der Waals surface area contributed by atoms with Crippen molar-refractivity contribution in [1.82, 2.24) is 9.80 Å². The number of rotatable bonds is 10. The third-order valence-electron chi connectivity index (χ3n) is 8.28. The number of anilines is 3. The van der Waals surface area contributed by atoms with Gasteiger partial charge in [0.1, 0.15) is 0 Å². The van der Waals surface area contributed by atoms with Crippen molar-refractivity contribution in [3.05, 3.63) is 119 Å². The minimum Gasteiger partial charge on any atom is -0.490 e. The predicted octanol–water partition coefficient (Wildman–Crippen LogP) is 7.79. The summed E-state index contributed by atoms with van der Waals surface area (Å²) in [5.41, 5.74) is 4.04. The first-order chi connectivity index (χ1) is 24.3. The molecular formula is C40H47F3N4O4. The molecule has 0 bridgehead atoms. The minimum atomic E-state index is -4.44. The topological polar surface area (TPSA) is 85.3 Å². The molecule has 1 aliphatic heterocycles. The highest BCUT2D eigenvalue weighted by atomic mass is 19.4. The second-order valence-electron chi connectivity index (χ2n) is 13.0. The molecule has 0 saturated heterocycles. The summed E-state index contributed by atoms with van der Waals surface area (Å²) < 4.78 is 43.8. The van der Waals surface area contributed by atoms with E-state index in [0.29, 0.717) is 36.9 Å². The first kappa shape index (κ1) is 38.9. The Hall–Kier alpha value is -4.87. The summed E-state index contributed by atoms with van der Waals surface area (Å²) in [6, 6.07) is 28.6. The second kappa shape index (κ2) is 17.9. The van der Waals surface area contributed by atoms with Gasteiger partial charge in [0.15, 0.2) is 5.75 Å². The number of nitrogens with zero attached hydrogens (tertiary/aromatic N) is 3. The van der Waals surface area contributed by atoms with Gasteiger partial charge in [0, 0.05) is 30.5 Å². The molecule has 2 N–H and O–H groups in total. The zero-order valence-corrected chi connectivity index (χ0v) is 29.8. The van der Waals surface area contributed by atoms with Gasteiger partial charge in [0.25, 0.3) is 5.91 Å². The van der Waals surface area contributed by atoms with Crippen molar-refractivity contribution in [2.75, 3.05) is 44.1 Å². The molecule has 272 valence electrons. The molecule has 51 heavy (non-hydrogen) atoms. The SMILES string of the molecule is CC(C)N(c1ccccc1)c1ccc(CN(C)C)cc1.C[C@@H](CO)N1CCCOc2c(NC(=O)Cc3ccc(C(F)(F)F)cc3)cccc2C1=O. The minimum absolute atomic E-state index is 0.135. The maximum Gasteiger partial charge on any atom is 0.416 e. The zero-order valence-electron chi connectivity index (χ0n) is 29.8. The Balaban J connectivity index is 0.000000251. The molecule has 1 heterocycles. The van der Waals surface area contributed by atoms with E-state index in [1.54, 1.807) is 30.0 Å². The van der Waals surface area contributed by atoms with Crippen molar-refractivity contribution in [3.63, 3.8) is 0 Å². The van der Waals surface area contributed by atoms with Crippen LogP contribution in [0, 0.1) is 0 Å². The van der Waals surface area contributed by atoms with Crippen LogP contribution >= 0.6 is 0 Å². The molecule has 0 unspecified atom stereocenters. The lowest BCUT2D eigenvalue weighted by Crippen LogP contribution is -2.42. The summed E-state index contributed by atoms with van der Waals surface area (Å²) in [6.07, 6.45) is -4.01. The Bertz CT molecular complexity index is 1710. The molecule has 4 aromatic carbocycles. The summed E-state index contributed by atoms with van der Waals surface area (Å²) in [5.74, 6) is -0.523. The molecule has 0 fully saturated rings. The standard InChI is InChI=1S/C22H23F3N2O4.C18H24N2/c1-14(13-28)27-10-3-11-31-20-17(21(27)30)4-2-5-18(20)26-19(29)12-15-6-8-16(9-7-15)22(23,24)25;1-15(2)20(17-8-6-5-7-9-17)18-12-10-16(11-13-18)14-19(3)4/h2,4-9,14,28H,3,10-13H2,1H3,(H,26,29);5-13,15H,14H2,1-4H3/t14-;/m0./s1. The van der Waals surface area contributed by atoms with Crippen molar-refractivity contribution in [2.24, 2.45) is 0 Å². The lowest BCUT2D eigenvalue weighted by Gasteiger charge is -2.31. The van der Waals surface area contributed by atoms with E-state index in [-0.39, 0.29) is 36.3 Å². The number of benzene rings is 4. The summed E-state index contributed by atoms with van der Waals surface area (Å²) in [4.78, 5) is 31.6. The average Bonchev–Trinajstić information content (AvgIpc) is 3.08.